The summed E-state index contributed by atoms with van der Waals surface area (Å²) in [4.78, 5) is 12.1. The van der Waals surface area contributed by atoms with Crippen LogP contribution in [0.4, 0.5) is 0 Å². The Labute approximate surface area is 163 Å². The van der Waals surface area contributed by atoms with E-state index in [4.69, 9.17) is 21.1 Å². The number of hydrazone groups is 1. The fourth-order valence-electron chi connectivity index (χ4n) is 3.13. The topological polar surface area (TPSA) is 71.4 Å². The molecule has 8 heteroatoms. The molecule has 2 aliphatic heterocycles. The molecule has 1 amide bonds. The average Bonchev–Trinajstić information content (AvgIpc) is 3.24. The molecule has 2 aromatic carbocycles. The molecule has 2 aromatic rings. The summed E-state index contributed by atoms with van der Waals surface area (Å²) < 4.78 is 11.2. The van der Waals surface area contributed by atoms with E-state index in [1.54, 1.807) is 12.1 Å². The molecule has 1 atom stereocenters. The molecule has 4 rings (SSSR count). The van der Waals surface area contributed by atoms with Gasteiger partial charge in [0, 0.05) is 23.9 Å². The summed E-state index contributed by atoms with van der Waals surface area (Å²) in [5.41, 5.74) is 1.96. The first-order valence-electron chi connectivity index (χ1n) is 7.89. The fraction of sp³-hybridized carbons (Fsp3) is 0.222. The van der Waals surface area contributed by atoms with Crippen LogP contribution in [0, 0.1) is 0 Å². The van der Waals surface area contributed by atoms with Crippen molar-refractivity contribution < 1.29 is 19.4 Å². The van der Waals surface area contributed by atoms with Crippen molar-refractivity contribution in [1.29, 1.82) is 0 Å². The first-order valence-corrected chi connectivity index (χ1v) is 9.06. The van der Waals surface area contributed by atoms with Crippen molar-refractivity contribution in [2.45, 2.75) is 19.4 Å². The molecule has 2 heterocycles. The Bertz CT molecular complexity index is 947. The Morgan fingerprint density at radius 3 is 2.85 bits per heavy atom. The van der Waals surface area contributed by atoms with E-state index in [1.807, 2.05) is 18.2 Å². The number of amides is 1. The summed E-state index contributed by atoms with van der Waals surface area (Å²) in [5, 5.41) is 16.7. The van der Waals surface area contributed by atoms with E-state index in [2.05, 4.69) is 21.0 Å². The molecule has 6 nitrogen and oxygen atoms in total. The molecule has 1 N–H and O–H groups in total. The second-order valence-electron chi connectivity index (χ2n) is 6.03. The van der Waals surface area contributed by atoms with Crippen molar-refractivity contribution in [3.63, 3.8) is 0 Å². The fourth-order valence-corrected chi connectivity index (χ4v) is 3.94. The van der Waals surface area contributed by atoms with Gasteiger partial charge >= 0.3 is 0 Å². The zero-order valence-electron chi connectivity index (χ0n) is 13.7. The van der Waals surface area contributed by atoms with E-state index in [0.29, 0.717) is 38.7 Å². The third-order valence-corrected chi connectivity index (χ3v) is 5.18. The minimum atomic E-state index is -0.297. The number of phenolic OH excluding ortho intramolecular Hbond substituents is 1. The third-order valence-electron chi connectivity index (χ3n) is 4.35. The van der Waals surface area contributed by atoms with Gasteiger partial charge < -0.3 is 14.6 Å². The maximum atomic E-state index is 12.1. The molecule has 1 unspecified atom stereocenters. The summed E-state index contributed by atoms with van der Waals surface area (Å²) in [5.74, 6) is 1.18. The van der Waals surface area contributed by atoms with Gasteiger partial charge in [-0.3, -0.25) is 4.79 Å². The lowest BCUT2D eigenvalue weighted by molar-refractivity contribution is -0.130. The predicted octanol–water partition coefficient (Wildman–Crippen LogP) is 4.23. The first-order chi connectivity index (χ1) is 12.4. The number of hydrogen-bond donors (Lipinski definition) is 1. The number of aromatic hydroxyl groups is 1. The first kappa shape index (κ1) is 17.2. The second-order valence-corrected chi connectivity index (χ2v) is 7.32. The number of hydrogen-bond acceptors (Lipinski definition) is 5. The lowest BCUT2D eigenvalue weighted by Crippen LogP contribution is -2.24. The van der Waals surface area contributed by atoms with Crippen LogP contribution in [0.25, 0.3) is 0 Å². The molecule has 0 saturated heterocycles. The number of phenols is 1. The van der Waals surface area contributed by atoms with Crippen molar-refractivity contribution in [1.82, 2.24) is 5.01 Å². The summed E-state index contributed by atoms with van der Waals surface area (Å²) in [6.07, 6.45) is 0.444. The number of carbonyl (C=O) groups is 1. The van der Waals surface area contributed by atoms with Crippen LogP contribution in [0.5, 0.6) is 17.2 Å². The van der Waals surface area contributed by atoms with Gasteiger partial charge in [0.2, 0.25) is 12.7 Å². The highest BCUT2D eigenvalue weighted by molar-refractivity contribution is 9.10. The largest absolute Gasteiger partial charge is 0.506 e. The van der Waals surface area contributed by atoms with Crippen LogP contribution >= 0.6 is 27.5 Å². The minimum absolute atomic E-state index is 0.0444. The van der Waals surface area contributed by atoms with E-state index >= 15 is 0 Å². The SMILES string of the molecule is CC(=O)N1N=C(c2cc(Cl)cc(Br)c2O)CC1c1ccc2c(c1)OCO2. The van der Waals surface area contributed by atoms with Gasteiger partial charge in [0.25, 0.3) is 0 Å². The van der Waals surface area contributed by atoms with Crippen LogP contribution in [0.3, 0.4) is 0 Å². The molecule has 134 valence electrons. The average molecular weight is 438 g/mol. The molecule has 2 aliphatic rings. The van der Waals surface area contributed by atoms with Gasteiger partial charge in [-0.15, -0.1) is 0 Å². The van der Waals surface area contributed by atoms with Gasteiger partial charge in [-0.2, -0.15) is 5.10 Å². The Morgan fingerprint density at radius 1 is 1.31 bits per heavy atom. The maximum absolute atomic E-state index is 12.1. The zero-order chi connectivity index (χ0) is 18.4. The van der Waals surface area contributed by atoms with E-state index in [1.165, 1.54) is 11.9 Å². The molecule has 0 spiro atoms. The van der Waals surface area contributed by atoms with Crippen molar-refractivity contribution in [3.05, 3.63) is 51.0 Å². The molecule has 0 aromatic heterocycles. The number of rotatable bonds is 2. The third kappa shape index (κ3) is 2.91. The Hall–Kier alpha value is -2.25. The van der Waals surface area contributed by atoms with Crippen molar-refractivity contribution in [2.24, 2.45) is 5.10 Å². The highest BCUT2D eigenvalue weighted by Crippen LogP contribution is 2.41. The van der Waals surface area contributed by atoms with E-state index in [9.17, 15) is 9.90 Å². The van der Waals surface area contributed by atoms with Gasteiger partial charge in [-0.25, -0.2) is 5.01 Å². The van der Waals surface area contributed by atoms with Crippen LogP contribution in [0.2, 0.25) is 5.02 Å². The van der Waals surface area contributed by atoms with E-state index in [-0.39, 0.29) is 24.5 Å². The number of nitrogens with zero attached hydrogens (tertiary/aromatic N) is 2. The number of benzene rings is 2. The van der Waals surface area contributed by atoms with Crippen LogP contribution < -0.4 is 9.47 Å². The lowest BCUT2D eigenvalue weighted by atomic mass is 9.97. The second kappa shape index (κ2) is 6.48. The van der Waals surface area contributed by atoms with Gasteiger partial charge in [-0.1, -0.05) is 17.7 Å². The summed E-state index contributed by atoms with van der Waals surface area (Å²) in [6, 6.07) is 8.51. The Balaban J connectivity index is 1.72. The van der Waals surface area contributed by atoms with Gasteiger partial charge in [0.05, 0.1) is 16.2 Å². The number of halogens is 2. The van der Waals surface area contributed by atoms with Crippen molar-refractivity contribution >= 4 is 39.1 Å². The number of carbonyl (C=O) groups excluding carboxylic acids is 1. The Kier molecular flexibility index (Phi) is 4.28. The molecule has 0 fully saturated rings. The standard InChI is InChI=1S/C18H14BrClN2O4/c1-9(23)22-15(10-2-3-16-17(4-10)26-8-25-16)7-14(21-22)12-5-11(20)6-13(19)18(12)24/h2-6,15,24H,7-8H2,1H3. The Morgan fingerprint density at radius 2 is 2.08 bits per heavy atom. The highest BCUT2D eigenvalue weighted by Gasteiger charge is 2.33. The highest BCUT2D eigenvalue weighted by atomic mass is 79.9. The molecule has 0 aliphatic carbocycles. The minimum Gasteiger partial charge on any atom is -0.506 e. The van der Waals surface area contributed by atoms with Gasteiger partial charge in [0.1, 0.15) is 5.75 Å². The zero-order valence-corrected chi connectivity index (χ0v) is 16.0. The molecule has 0 radical (unpaired) electrons. The van der Waals surface area contributed by atoms with Crippen molar-refractivity contribution in [3.8, 4) is 17.2 Å². The molecular weight excluding hydrogens is 424 g/mol. The van der Waals surface area contributed by atoms with Gasteiger partial charge in [0.15, 0.2) is 11.5 Å². The quantitative estimate of drug-likeness (QED) is 0.763. The number of fused-ring (bicyclic) bond motifs is 1. The molecule has 0 bridgehead atoms. The molecular formula is C18H14BrClN2O4. The normalized spacial score (nSPS) is 18.2. The van der Waals surface area contributed by atoms with Crippen molar-refractivity contribution in [2.75, 3.05) is 6.79 Å². The van der Waals surface area contributed by atoms with E-state index in [0.717, 1.165) is 5.56 Å². The van der Waals surface area contributed by atoms with Crippen LogP contribution in [0.15, 0.2) is 39.9 Å². The lowest BCUT2D eigenvalue weighted by Gasteiger charge is -2.20. The number of ether oxygens (including phenoxy) is 2. The van der Waals surface area contributed by atoms with Gasteiger partial charge in [-0.05, 0) is 45.8 Å². The smallest absolute Gasteiger partial charge is 0.240 e. The van der Waals surface area contributed by atoms with Crippen LogP contribution in [-0.2, 0) is 4.79 Å². The molecule has 26 heavy (non-hydrogen) atoms. The van der Waals surface area contributed by atoms with Crippen LogP contribution in [0.1, 0.15) is 30.5 Å². The summed E-state index contributed by atoms with van der Waals surface area (Å²) in [6.45, 7) is 1.65. The predicted molar refractivity (Wildman–Crippen MR) is 99.8 cm³/mol. The summed E-state index contributed by atoms with van der Waals surface area (Å²) >= 11 is 9.39. The van der Waals surface area contributed by atoms with E-state index < -0.39 is 0 Å². The maximum Gasteiger partial charge on any atom is 0.240 e. The van der Waals surface area contributed by atoms with Crippen LogP contribution in [-0.4, -0.2) is 28.5 Å². The summed E-state index contributed by atoms with van der Waals surface area (Å²) in [7, 11) is 0. The monoisotopic (exact) mass is 436 g/mol. The molecule has 0 saturated carbocycles.